The number of carbonyl (C=O) groups excluding carboxylic acids is 1. The second kappa shape index (κ2) is 10.3. The fourth-order valence-corrected chi connectivity index (χ4v) is 4.20. The Hall–Kier alpha value is -3.72. The molecule has 182 valence electrons. The Morgan fingerprint density at radius 2 is 2.00 bits per heavy atom. The molecule has 3 N–H and O–H groups in total. The lowest BCUT2D eigenvalue weighted by Crippen LogP contribution is -2.29. The quantitative estimate of drug-likeness (QED) is 0.268. The molecule has 0 spiro atoms. The van der Waals surface area contributed by atoms with E-state index in [-0.39, 0.29) is 23.9 Å². The van der Waals surface area contributed by atoms with E-state index in [0.717, 1.165) is 28.0 Å². The maximum atomic E-state index is 13.4. The van der Waals surface area contributed by atoms with Crippen molar-refractivity contribution in [1.29, 1.82) is 0 Å². The van der Waals surface area contributed by atoms with Crippen LogP contribution in [0.2, 0.25) is 0 Å². The number of carbonyl (C=O) groups is 1. The lowest BCUT2D eigenvalue weighted by atomic mass is 10.0. The zero-order valence-corrected chi connectivity index (χ0v) is 21.1. The summed E-state index contributed by atoms with van der Waals surface area (Å²) < 4.78 is 10.3. The average Bonchev–Trinajstić information content (AvgIpc) is 3.27. The smallest absolute Gasteiger partial charge is 0.268 e. The van der Waals surface area contributed by atoms with Gasteiger partial charge in [-0.3, -0.25) is 14.0 Å². The van der Waals surface area contributed by atoms with Gasteiger partial charge >= 0.3 is 0 Å². The van der Waals surface area contributed by atoms with E-state index >= 15 is 0 Å². The predicted molar refractivity (Wildman–Crippen MR) is 141 cm³/mol. The molecular formula is C26H29N5O3S. The number of imidazole rings is 1. The first kappa shape index (κ1) is 24.4. The largest absolute Gasteiger partial charge is 0.493 e. The van der Waals surface area contributed by atoms with Gasteiger partial charge in [-0.15, -0.1) is 0 Å². The third-order valence-electron chi connectivity index (χ3n) is 5.74. The third kappa shape index (κ3) is 5.05. The summed E-state index contributed by atoms with van der Waals surface area (Å²) >= 11 is 4.15. The monoisotopic (exact) mass is 491 g/mol. The molecular weight excluding hydrogens is 462 g/mol. The number of nitrogens with zero attached hydrogens (tertiary/aromatic N) is 2. The van der Waals surface area contributed by atoms with Crippen LogP contribution in [0.15, 0.2) is 53.6 Å². The topological polar surface area (TPSA) is 101 Å². The van der Waals surface area contributed by atoms with Gasteiger partial charge < -0.3 is 19.8 Å². The number of aromatic nitrogens is 3. The fraction of sp³-hybridized carbons (Fsp3) is 0.269. The summed E-state index contributed by atoms with van der Waals surface area (Å²) in [6, 6.07) is 13.4. The molecule has 0 fully saturated rings. The fourth-order valence-electron chi connectivity index (χ4n) is 4.06. The van der Waals surface area contributed by atoms with Gasteiger partial charge in [0.25, 0.3) is 11.5 Å². The molecule has 9 heteroatoms. The van der Waals surface area contributed by atoms with Gasteiger partial charge in [-0.05, 0) is 61.2 Å². The molecule has 4 rings (SSSR count). The van der Waals surface area contributed by atoms with Crippen LogP contribution < -0.4 is 20.3 Å². The van der Waals surface area contributed by atoms with Crippen LogP contribution in [-0.4, -0.2) is 26.9 Å². The van der Waals surface area contributed by atoms with Crippen molar-refractivity contribution in [2.75, 3.05) is 11.3 Å². The molecule has 4 aromatic rings. The second-order valence-electron chi connectivity index (χ2n) is 8.60. The minimum atomic E-state index is -0.324. The number of pyridine rings is 2. The Balaban J connectivity index is 1.76. The van der Waals surface area contributed by atoms with Crippen molar-refractivity contribution in [3.63, 3.8) is 0 Å². The van der Waals surface area contributed by atoms with Crippen LogP contribution in [0.25, 0.3) is 16.6 Å². The molecule has 0 aliphatic rings. The number of rotatable bonds is 8. The van der Waals surface area contributed by atoms with E-state index in [1.807, 2.05) is 43.3 Å². The van der Waals surface area contributed by atoms with Crippen LogP contribution >= 0.6 is 12.8 Å². The first-order valence-electron chi connectivity index (χ1n) is 11.5. The number of thiol groups is 1. The summed E-state index contributed by atoms with van der Waals surface area (Å²) in [5.74, 6) is 0.320. The first-order valence-corrected chi connectivity index (χ1v) is 11.9. The molecule has 35 heavy (non-hydrogen) atoms. The molecule has 3 heterocycles. The van der Waals surface area contributed by atoms with Gasteiger partial charge in [-0.25, -0.2) is 4.98 Å². The number of H-pyrrole nitrogens is 1. The lowest BCUT2D eigenvalue weighted by molar-refractivity contribution is 0.0944. The number of hydrogen-bond donors (Lipinski definition) is 4. The van der Waals surface area contributed by atoms with Crippen molar-refractivity contribution in [1.82, 2.24) is 19.7 Å². The number of ether oxygens (including phenoxy) is 1. The molecule has 0 aliphatic carbocycles. The average molecular weight is 492 g/mol. The number of aryl methyl sites for hydroxylation is 1. The van der Waals surface area contributed by atoms with E-state index in [9.17, 15) is 9.59 Å². The maximum absolute atomic E-state index is 13.4. The summed E-state index contributed by atoms with van der Waals surface area (Å²) in [4.78, 5) is 33.3. The highest BCUT2D eigenvalue weighted by atomic mass is 32.1. The number of anilines is 1. The van der Waals surface area contributed by atoms with E-state index in [0.29, 0.717) is 29.3 Å². The molecule has 0 bridgehead atoms. The van der Waals surface area contributed by atoms with Gasteiger partial charge in [0.05, 0.1) is 29.9 Å². The molecule has 0 aliphatic heterocycles. The van der Waals surface area contributed by atoms with E-state index in [2.05, 4.69) is 46.7 Å². The SMILES string of the molecule is CCOc1cc(C)[nH]c(=O)c1CNC(=O)c1cc(-c2cccc(NS)c2)cc2c(C(C)C)ncn12. The number of hydrogen-bond acceptors (Lipinski definition) is 6. The van der Waals surface area contributed by atoms with Crippen LogP contribution in [0.3, 0.4) is 0 Å². The molecule has 8 nitrogen and oxygen atoms in total. The second-order valence-corrected chi connectivity index (χ2v) is 8.83. The molecule has 0 atom stereocenters. The Kier molecular flexibility index (Phi) is 7.16. The molecule has 1 aromatic carbocycles. The number of amides is 1. The number of benzene rings is 1. The Morgan fingerprint density at radius 3 is 2.71 bits per heavy atom. The highest BCUT2D eigenvalue weighted by Crippen LogP contribution is 2.29. The van der Waals surface area contributed by atoms with Crippen LogP contribution in [0.4, 0.5) is 5.69 Å². The molecule has 1 amide bonds. The van der Waals surface area contributed by atoms with Gasteiger partial charge in [-0.2, -0.15) is 0 Å². The zero-order chi connectivity index (χ0) is 25.1. The van der Waals surface area contributed by atoms with Crippen LogP contribution in [0.5, 0.6) is 5.75 Å². The van der Waals surface area contributed by atoms with Crippen molar-refractivity contribution < 1.29 is 9.53 Å². The minimum Gasteiger partial charge on any atom is -0.493 e. The summed E-state index contributed by atoms with van der Waals surface area (Å²) in [6.45, 7) is 8.22. The Labute approximate surface area is 209 Å². The minimum absolute atomic E-state index is 0.0281. The third-order valence-corrected chi connectivity index (χ3v) is 6.00. The molecule has 3 aromatic heterocycles. The standard InChI is InChI=1S/C26H29N5O3S/c1-5-34-23-9-16(4)29-25(32)20(23)13-27-26(33)22-12-18(17-7-6-8-19(10-17)30-35)11-21-24(15(2)3)28-14-31(21)22/h6-12,14-15,30,35H,5,13H2,1-4H3,(H,27,33)(H,29,32). The maximum Gasteiger partial charge on any atom is 0.268 e. The predicted octanol–water partition coefficient (Wildman–Crippen LogP) is 4.71. The summed E-state index contributed by atoms with van der Waals surface area (Å²) in [5, 5.41) is 2.89. The van der Waals surface area contributed by atoms with E-state index in [1.165, 1.54) is 0 Å². The molecule has 0 radical (unpaired) electrons. The van der Waals surface area contributed by atoms with E-state index in [1.54, 1.807) is 23.7 Å². The van der Waals surface area contributed by atoms with E-state index in [4.69, 9.17) is 4.74 Å². The first-order chi connectivity index (χ1) is 16.8. The van der Waals surface area contributed by atoms with Crippen LogP contribution in [0, 0.1) is 6.92 Å². The van der Waals surface area contributed by atoms with Gasteiger partial charge in [0.15, 0.2) is 0 Å². The van der Waals surface area contributed by atoms with Gasteiger partial charge in [0.1, 0.15) is 17.8 Å². The highest BCUT2D eigenvalue weighted by Gasteiger charge is 2.19. The Bertz CT molecular complexity index is 1440. The summed E-state index contributed by atoms with van der Waals surface area (Å²) in [6.07, 6.45) is 1.67. The van der Waals surface area contributed by atoms with Gasteiger partial charge in [0, 0.05) is 11.4 Å². The van der Waals surface area contributed by atoms with Gasteiger partial charge in [0.2, 0.25) is 0 Å². The van der Waals surface area contributed by atoms with Crippen LogP contribution in [-0.2, 0) is 6.54 Å². The zero-order valence-electron chi connectivity index (χ0n) is 20.2. The number of nitrogens with one attached hydrogen (secondary N) is 3. The van der Waals surface area contributed by atoms with Crippen molar-refractivity contribution >= 4 is 29.9 Å². The normalized spacial score (nSPS) is 11.1. The Morgan fingerprint density at radius 1 is 1.20 bits per heavy atom. The van der Waals surface area contributed by atoms with Crippen molar-refractivity contribution in [2.45, 2.75) is 40.2 Å². The molecule has 0 saturated carbocycles. The van der Waals surface area contributed by atoms with Crippen molar-refractivity contribution in [3.05, 3.63) is 81.8 Å². The van der Waals surface area contributed by atoms with Gasteiger partial charge in [-0.1, -0.05) is 38.8 Å². The highest BCUT2D eigenvalue weighted by molar-refractivity contribution is 7.81. The van der Waals surface area contributed by atoms with Crippen molar-refractivity contribution in [3.8, 4) is 16.9 Å². The van der Waals surface area contributed by atoms with Crippen molar-refractivity contribution in [2.24, 2.45) is 0 Å². The summed E-state index contributed by atoms with van der Waals surface area (Å²) in [5.41, 5.74) is 5.61. The number of fused-ring (bicyclic) bond motifs is 1. The number of aromatic amines is 1. The van der Waals surface area contributed by atoms with Crippen LogP contribution in [0.1, 0.15) is 54.1 Å². The van der Waals surface area contributed by atoms with E-state index < -0.39 is 0 Å². The molecule has 0 saturated heterocycles. The lowest BCUT2D eigenvalue weighted by Gasteiger charge is -2.14. The molecule has 0 unspecified atom stereocenters. The summed E-state index contributed by atoms with van der Waals surface area (Å²) in [7, 11) is 0.